The minimum atomic E-state index is 0.958. The molecular weight excluding hydrogens is 166 g/mol. The van der Waals surface area contributed by atoms with Gasteiger partial charge >= 0.3 is 0 Å². The van der Waals surface area contributed by atoms with Crippen molar-refractivity contribution in [1.82, 2.24) is 4.98 Å². The van der Waals surface area contributed by atoms with E-state index in [1.54, 1.807) is 12.4 Å². The molecule has 0 spiro atoms. The second kappa shape index (κ2) is 2.27. The van der Waals surface area contributed by atoms with Crippen LogP contribution in [0.4, 0.5) is 0 Å². The molecule has 0 saturated carbocycles. The van der Waals surface area contributed by atoms with E-state index in [2.05, 4.69) is 27.8 Å². The van der Waals surface area contributed by atoms with E-state index < -0.39 is 0 Å². The van der Waals surface area contributed by atoms with E-state index in [0.717, 1.165) is 10.0 Å². The maximum absolute atomic E-state index is 3.86. The molecule has 0 amide bonds. The predicted octanol–water partition coefficient (Wildman–Crippen LogP) is 2.03. The molecule has 0 saturated heterocycles. The van der Waals surface area contributed by atoms with Crippen molar-refractivity contribution >= 4 is 15.9 Å². The number of hydrogen-bond donors (Lipinski definition) is 0. The third-order valence-electron chi connectivity index (χ3n) is 0.856. The molecule has 1 radical (unpaired) electrons. The summed E-state index contributed by atoms with van der Waals surface area (Å²) in [7, 11) is 0. The zero-order chi connectivity index (χ0) is 5.98. The second-order valence-corrected chi connectivity index (χ2v) is 2.32. The van der Waals surface area contributed by atoms with E-state index in [1.807, 2.05) is 6.07 Å². The monoisotopic (exact) mass is 170 g/mol. The number of halogens is 1. The highest BCUT2D eigenvalue weighted by atomic mass is 79.9. The van der Waals surface area contributed by atoms with Gasteiger partial charge < -0.3 is 0 Å². The summed E-state index contributed by atoms with van der Waals surface area (Å²) in [5.74, 6) is 0. The highest BCUT2D eigenvalue weighted by molar-refractivity contribution is 9.10. The van der Waals surface area contributed by atoms with Gasteiger partial charge in [-0.3, -0.25) is 4.98 Å². The minimum absolute atomic E-state index is 0.958. The Kier molecular flexibility index (Phi) is 1.63. The predicted molar refractivity (Wildman–Crippen MR) is 36.4 cm³/mol. The van der Waals surface area contributed by atoms with Gasteiger partial charge in [0.2, 0.25) is 0 Å². The Morgan fingerprint density at radius 1 is 1.62 bits per heavy atom. The molecule has 41 valence electrons. The van der Waals surface area contributed by atoms with Crippen molar-refractivity contribution in [2.75, 3.05) is 0 Å². The van der Waals surface area contributed by atoms with Gasteiger partial charge in [-0.25, -0.2) is 0 Å². The Hall–Kier alpha value is -0.370. The first-order valence-corrected chi connectivity index (χ1v) is 3.01. The molecule has 1 nitrogen and oxygen atoms in total. The molecule has 8 heavy (non-hydrogen) atoms. The van der Waals surface area contributed by atoms with Crippen LogP contribution in [0.25, 0.3) is 0 Å². The fourth-order valence-electron chi connectivity index (χ4n) is 0.404. The molecule has 0 aliphatic heterocycles. The fraction of sp³-hybridized carbons (Fsp3) is 0. The van der Waals surface area contributed by atoms with E-state index in [-0.39, 0.29) is 0 Å². The third kappa shape index (κ3) is 1.07. The molecule has 2 heteroatoms. The Balaban J connectivity index is 3.13. The van der Waals surface area contributed by atoms with Crippen molar-refractivity contribution in [3.63, 3.8) is 0 Å². The van der Waals surface area contributed by atoms with Crippen LogP contribution in [0.1, 0.15) is 5.56 Å². The van der Waals surface area contributed by atoms with Crippen molar-refractivity contribution < 1.29 is 0 Å². The quantitative estimate of drug-likeness (QED) is 0.581. The Morgan fingerprint density at radius 3 is 2.75 bits per heavy atom. The maximum atomic E-state index is 3.86. The molecule has 1 aromatic heterocycles. The molecule has 1 rings (SSSR count). The molecule has 0 atom stereocenters. The van der Waals surface area contributed by atoms with E-state index in [1.165, 1.54) is 0 Å². The number of nitrogens with zero attached hydrogens (tertiary/aromatic N) is 1. The molecular formula is C6H5BrN. The standard InChI is InChI=1S/C6H5BrN/c1-5-2-3-8-4-6(5)7/h2-4H,1H2. The average Bonchev–Trinajstić information content (AvgIpc) is 1.77. The molecule has 1 aromatic rings. The van der Waals surface area contributed by atoms with Crippen molar-refractivity contribution in [3.8, 4) is 0 Å². The first-order valence-electron chi connectivity index (χ1n) is 2.22. The molecule has 0 fully saturated rings. The van der Waals surface area contributed by atoms with Crippen molar-refractivity contribution in [2.24, 2.45) is 0 Å². The van der Waals surface area contributed by atoms with Gasteiger partial charge in [0, 0.05) is 16.9 Å². The summed E-state index contributed by atoms with van der Waals surface area (Å²) in [4.78, 5) is 3.86. The van der Waals surface area contributed by atoms with Gasteiger partial charge in [-0.15, -0.1) is 0 Å². The third-order valence-corrected chi connectivity index (χ3v) is 1.57. The van der Waals surface area contributed by atoms with Gasteiger partial charge in [0.15, 0.2) is 0 Å². The lowest BCUT2D eigenvalue weighted by Crippen LogP contribution is -1.74. The molecule has 0 aliphatic rings. The van der Waals surface area contributed by atoms with Crippen LogP contribution in [0.2, 0.25) is 0 Å². The topological polar surface area (TPSA) is 12.9 Å². The van der Waals surface area contributed by atoms with Gasteiger partial charge in [0.05, 0.1) is 0 Å². The molecule has 0 unspecified atom stereocenters. The van der Waals surface area contributed by atoms with Gasteiger partial charge in [-0.05, 0) is 34.5 Å². The minimum Gasteiger partial charge on any atom is -0.264 e. The molecule has 0 bridgehead atoms. The smallest absolute Gasteiger partial charge is 0.0412 e. The summed E-state index contributed by atoms with van der Waals surface area (Å²) in [5, 5.41) is 0. The SMILES string of the molecule is [CH2]c1ccncc1Br. The maximum Gasteiger partial charge on any atom is 0.0412 e. The largest absolute Gasteiger partial charge is 0.264 e. The summed E-state index contributed by atoms with van der Waals surface area (Å²) < 4.78 is 0.958. The Bertz CT molecular complexity index is 165. The lowest BCUT2D eigenvalue weighted by Gasteiger charge is -1.90. The van der Waals surface area contributed by atoms with E-state index in [0.29, 0.717) is 0 Å². The Labute approximate surface area is 56.9 Å². The fourth-order valence-corrected chi connectivity index (χ4v) is 0.654. The average molecular weight is 171 g/mol. The number of hydrogen-bond acceptors (Lipinski definition) is 1. The van der Waals surface area contributed by atoms with Crippen LogP contribution in [0.5, 0.6) is 0 Å². The van der Waals surface area contributed by atoms with Crippen LogP contribution in [0, 0.1) is 6.92 Å². The van der Waals surface area contributed by atoms with Gasteiger partial charge in [0.25, 0.3) is 0 Å². The van der Waals surface area contributed by atoms with Gasteiger partial charge in [-0.2, -0.15) is 0 Å². The van der Waals surface area contributed by atoms with E-state index in [4.69, 9.17) is 0 Å². The lowest BCUT2D eigenvalue weighted by molar-refractivity contribution is 1.29. The van der Waals surface area contributed by atoms with E-state index in [9.17, 15) is 0 Å². The van der Waals surface area contributed by atoms with Gasteiger partial charge in [0.1, 0.15) is 0 Å². The summed E-state index contributed by atoms with van der Waals surface area (Å²) in [6.07, 6.45) is 3.44. The highest BCUT2D eigenvalue weighted by Crippen LogP contribution is 2.11. The van der Waals surface area contributed by atoms with Crippen molar-refractivity contribution in [3.05, 3.63) is 35.4 Å². The summed E-state index contributed by atoms with van der Waals surface area (Å²) >= 11 is 3.27. The molecule has 0 aliphatic carbocycles. The van der Waals surface area contributed by atoms with E-state index >= 15 is 0 Å². The number of aromatic nitrogens is 1. The lowest BCUT2D eigenvalue weighted by atomic mass is 10.3. The highest BCUT2D eigenvalue weighted by Gasteiger charge is 1.87. The van der Waals surface area contributed by atoms with Crippen LogP contribution in [-0.2, 0) is 0 Å². The summed E-state index contributed by atoms with van der Waals surface area (Å²) in [6.45, 7) is 3.73. The molecule has 1 heterocycles. The normalized spacial score (nSPS) is 9.25. The zero-order valence-corrected chi connectivity index (χ0v) is 5.85. The first-order chi connectivity index (χ1) is 3.80. The zero-order valence-electron chi connectivity index (χ0n) is 4.26. The van der Waals surface area contributed by atoms with Crippen molar-refractivity contribution in [1.29, 1.82) is 0 Å². The van der Waals surface area contributed by atoms with Crippen LogP contribution in [-0.4, -0.2) is 4.98 Å². The van der Waals surface area contributed by atoms with Crippen LogP contribution in [0.3, 0.4) is 0 Å². The molecule has 0 aromatic carbocycles. The van der Waals surface area contributed by atoms with Crippen LogP contribution >= 0.6 is 15.9 Å². The second-order valence-electron chi connectivity index (χ2n) is 1.47. The van der Waals surface area contributed by atoms with Crippen LogP contribution in [0.15, 0.2) is 22.9 Å². The first kappa shape index (κ1) is 5.76. The summed E-state index contributed by atoms with van der Waals surface area (Å²) in [5.41, 5.74) is 0.972. The number of rotatable bonds is 0. The Morgan fingerprint density at radius 2 is 2.38 bits per heavy atom. The molecule has 0 N–H and O–H groups in total. The van der Waals surface area contributed by atoms with Crippen LogP contribution < -0.4 is 0 Å². The summed E-state index contributed by atoms with van der Waals surface area (Å²) in [6, 6.07) is 1.85. The number of pyridine rings is 1. The van der Waals surface area contributed by atoms with Crippen molar-refractivity contribution in [2.45, 2.75) is 0 Å². The van der Waals surface area contributed by atoms with Gasteiger partial charge in [-0.1, -0.05) is 0 Å².